The number of hydrogen-bond acceptors (Lipinski definition) is 11. The number of phenolic OH excluding ortho intramolecular Hbond substituents is 1. The van der Waals surface area contributed by atoms with Gasteiger partial charge in [0.2, 0.25) is 5.91 Å². The van der Waals surface area contributed by atoms with E-state index in [-0.39, 0.29) is 34.2 Å². The third-order valence-electron chi connectivity index (χ3n) is 5.70. The van der Waals surface area contributed by atoms with Crippen LogP contribution in [0, 0.1) is 0 Å². The lowest BCUT2D eigenvalue weighted by molar-refractivity contribution is -0.114. The normalized spacial score (nSPS) is 10.3. The first kappa shape index (κ1) is 36.4. The Morgan fingerprint density at radius 2 is 1.09 bits per heavy atom. The van der Waals surface area contributed by atoms with Crippen molar-refractivity contribution in [3.63, 3.8) is 0 Å². The fraction of sp³-hybridized carbons (Fsp3) is 0.281. The molecule has 4 N–H and O–H groups in total. The fourth-order valence-corrected chi connectivity index (χ4v) is 3.65. The van der Waals surface area contributed by atoms with Crippen molar-refractivity contribution in [3.8, 4) is 17.2 Å². The van der Waals surface area contributed by atoms with Gasteiger partial charge in [-0.3, -0.25) is 14.9 Å². The van der Waals surface area contributed by atoms with Crippen molar-refractivity contribution in [2.24, 2.45) is 0 Å². The summed E-state index contributed by atoms with van der Waals surface area (Å²) < 4.78 is 24.7. The van der Waals surface area contributed by atoms with Gasteiger partial charge in [0.25, 0.3) is 5.91 Å². The molecule has 0 bridgehead atoms. The molecule has 3 aromatic rings. The molecule has 0 saturated carbocycles. The Kier molecular flexibility index (Phi) is 12.9. The lowest BCUT2D eigenvalue weighted by atomic mass is 10.1. The average molecular weight is 640 g/mol. The maximum atomic E-state index is 12.5. The standard InChI is InChI=1S/C21H24N2O7.C11H13NO4/c1-21(2,3)30-20(27)23-15-9-6-12(11-17(15)28-4)18(25)22-14-8-7-13(10-16(14)24)19(26)29-5;1-7(13)12-9-5-4-8(11(14)16-3)6-10(9)15-2/h6-11,24H,1-5H3,(H,22,25)(H,23,27);4-6H,1-3H3,(H,12,13). The topological polar surface area (TPSA) is 188 Å². The number of ether oxygens (including phenoxy) is 5. The SMILES string of the molecule is COC(=O)c1ccc(NC(=O)c2ccc(NC(=O)OC(C)(C)C)c(OC)c2)c(O)c1.COC(=O)c1ccc(NC(C)=O)c(OC)c1. The molecule has 0 aliphatic carbocycles. The Morgan fingerprint density at radius 1 is 0.630 bits per heavy atom. The predicted octanol–water partition coefficient (Wildman–Crippen LogP) is 5.23. The Morgan fingerprint density at radius 3 is 1.54 bits per heavy atom. The fourth-order valence-electron chi connectivity index (χ4n) is 3.65. The van der Waals surface area contributed by atoms with E-state index in [1.165, 1.54) is 77.8 Å². The van der Waals surface area contributed by atoms with Crippen molar-refractivity contribution in [2.75, 3.05) is 44.4 Å². The highest BCUT2D eigenvalue weighted by Crippen LogP contribution is 2.29. The van der Waals surface area contributed by atoms with E-state index in [1.54, 1.807) is 32.9 Å². The minimum atomic E-state index is -0.664. The lowest BCUT2D eigenvalue weighted by Crippen LogP contribution is -2.27. The number of anilines is 3. The van der Waals surface area contributed by atoms with Gasteiger partial charge in [0.15, 0.2) is 0 Å². The van der Waals surface area contributed by atoms with Gasteiger partial charge in [-0.1, -0.05) is 0 Å². The maximum Gasteiger partial charge on any atom is 0.412 e. The van der Waals surface area contributed by atoms with Crippen LogP contribution in [-0.4, -0.2) is 69.0 Å². The number of aromatic hydroxyl groups is 1. The first-order chi connectivity index (χ1) is 21.6. The second-order valence-corrected chi connectivity index (χ2v) is 10.3. The number of phenols is 1. The molecule has 0 fully saturated rings. The summed E-state index contributed by atoms with van der Waals surface area (Å²) >= 11 is 0. The molecule has 0 aliphatic rings. The molecule has 0 spiro atoms. The van der Waals surface area contributed by atoms with Gasteiger partial charge in [-0.05, 0) is 75.4 Å². The summed E-state index contributed by atoms with van der Waals surface area (Å²) in [7, 11) is 5.39. The number of carbonyl (C=O) groups is 5. The van der Waals surface area contributed by atoms with Gasteiger partial charge in [-0.15, -0.1) is 0 Å². The Bertz CT molecular complexity index is 1600. The highest BCUT2D eigenvalue weighted by molar-refractivity contribution is 6.06. The van der Waals surface area contributed by atoms with Crippen molar-refractivity contribution in [2.45, 2.75) is 33.3 Å². The van der Waals surface area contributed by atoms with Gasteiger partial charge in [0.05, 0.1) is 56.6 Å². The lowest BCUT2D eigenvalue weighted by Gasteiger charge is -2.20. The molecule has 3 aromatic carbocycles. The molecule has 0 aliphatic heterocycles. The first-order valence-corrected chi connectivity index (χ1v) is 13.6. The highest BCUT2D eigenvalue weighted by atomic mass is 16.6. The van der Waals surface area contributed by atoms with E-state index in [9.17, 15) is 29.1 Å². The van der Waals surface area contributed by atoms with Crippen molar-refractivity contribution in [3.05, 3.63) is 71.3 Å². The van der Waals surface area contributed by atoms with Gasteiger partial charge in [-0.2, -0.15) is 0 Å². The number of benzene rings is 3. The van der Waals surface area contributed by atoms with E-state index < -0.39 is 29.5 Å². The molecule has 14 nitrogen and oxygen atoms in total. The van der Waals surface area contributed by atoms with E-state index in [4.69, 9.17) is 14.2 Å². The van der Waals surface area contributed by atoms with E-state index in [1.807, 2.05) is 0 Å². The highest BCUT2D eigenvalue weighted by Gasteiger charge is 2.19. The minimum Gasteiger partial charge on any atom is -0.506 e. The summed E-state index contributed by atoms with van der Waals surface area (Å²) in [4.78, 5) is 58.2. The zero-order valence-electron chi connectivity index (χ0n) is 26.7. The molecule has 0 saturated heterocycles. The van der Waals surface area contributed by atoms with Crippen LogP contribution in [0.25, 0.3) is 0 Å². The van der Waals surface area contributed by atoms with Crippen LogP contribution in [0.3, 0.4) is 0 Å². The molecule has 46 heavy (non-hydrogen) atoms. The van der Waals surface area contributed by atoms with Crippen LogP contribution in [0.5, 0.6) is 17.2 Å². The Labute approximate surface area is 265 Å². The number of methoxy groups -OCH3 is 4. The minimum absolute atomic E-state index is 0.113. The second kappa shape index (κ2) is 16.3. The molecule has 14 heteroatoms. The van der Waals surface area contributed by atoms with Crippen molar-refractivity contribution in [1.82, 2.24) is 0 Å². The van der Waals surface area contributed by atoms with Gasteiger partial charge in [-0.25, -0.2) is 14.4 Å². The van der Waals surface area contributed by atoms with Gasteiger partial charge >= 0.3 is 18.0 Å². The van der Waals surface area contributed by atoms with Gasteiger partial charge in [0.1, 0.15) is 22.8 Å². The number of rotatable bonds is 8. The summed E-state index contributed by atoms with van der Waals surface area (Å²) in [6.45, 7) is 6.62. The average Bonchev–Trinajstić information content (AvgIpc) is 3.00. The predicted molar refractivity (Wildman–Crippen MR) is 169 cm³/mol. The molecule has 0 atom stereocenters. The number of esters is 2. The number of carbonyl (C=O) groups excluding carboxylic acids is 5. The molecule has 0 aromatic heterocycles. The van der Waals surface area contributed by atoms with Crippen LogP contribution in [0.1, 0.15) is 58.8 Å². The van der Waals surface area contributed by atoms with Gasteiger partial charge < -0.3 is 39.4 Å². The van der Waals surface area contributed by atoms with Crippen molar-refractivity contribution < 1.29 is 52.8 Å². The zero-order valence-corrected chi connectivity index (χ0v) is 26.7. The van der Waals surface area contributed by atoms with E-state index in [2.05, 4.69) is 25.4 Å². The summed E-state index contributed by atoms with van der Waals surface area (Å²) in [6, 6.07) is 13.0. The van der Waals surface area contributed by atoms with E-state index >= 15 is 0 Å². The van der Waals surface area contributed by atoms with Crippen LogP contribution in [0.4, 0.5) is 21.9 Å². The van der Waals surface area contributed by atoms with Crippen molar-refractivity contribution in [1.29, 1.82) is 0 Å². The quantitative estimate of drug-likeness (QED) is 0.144. The van der Waals surface area contributed by atoms with Crippen molar-refractivity contribution >= 4 is 46.9 Å². The molecule has 3 amide bonds. The Balaban J connectivity index is 0.000000387. The number of amides is 3. The molecule has 3 rings (SSSR count). The summed E-state index contributed by atoms with van der Waals surface area (Å²) in [5.41, 5.74) is 1.03. The largest absolute Gasteiger partial charge is 0.506 e. The summed E-state index contributed by atoms with van der Waals surface area (Å²) in [6.07, 6.45) is -0.659. The zero-order chi connectivity index (χ0) is 34.6. The molecule has 246 valence electrons. The summed E-state index contributed by atoms with van der Waals surface area (Å²) in [5.74, 6) is -1.42. The van der Waals surface area contributed by atoms with Crippen LogP contribution >= 0.6 is 0 Å². The van der Waals surface area contributed by atoms with Crippen LogP contribution in [0.15, 0.2) is 54.6 Å². The third-order valence-corrected chi connectivity index (χ3v) is 5.70. The molecule has 0 heterocycles. The van der Waals surface area contributed by atoms with Crippen LogP contribution < -0.4 is 25.4 Å². The molecule has 0 unspecified atom stereocenters. The molecule has 0 radical (unpaired) electrons. The van der Waals surface area contributed by atoms with Crippen LogP contribution in [-0.2, 0) is 19.0 Å². The Hall–Kier alpha value is -5.79. The monoisotopic (exact) mass is 639 g/mol. The van der Waals surface area contributed by atoms with Crippen LogP contribution in [0.2, 0.25) is 0 Å². The first-order valence-electron chi connectivity index (χ1n) is 13.6. The summed E-state index contributed by atoms with van der Waals surface area (Å²) in [5, 5.41) is 17.8. The smallest absolute Gasteiger partial charge is 0.412 e. The van der Waals surface area contributed by atoms with Gasteiger partial charge in [0, 0.05) is 12.5 Å². The molecular formula is C32H37N3O11. The molecular weight excluding hydrogens is 602 g/mol. The van der Waals surface area contributed by atoms with E-state index in [0.29, 0.717) is 22.7 Å². The maximum absolute atomic E-state index is 12.5. The number of hydrogen-bond donors (Lipinski definition) is 4. The number of nitrogens with one attached hydrogen (secondary N) is 3. The second-order valence-electron chi connectivity index (χ2n) is 10.3. The third kappa shape index (κ3) is 10.7. The van der Waals surface area contributed by atoms with E-state index in [0.717, 1.165) is 0 Å².